The SMILES string of the molecule is O=C(CSCc1ccccn1)NCC1(N2CCSCC2)CCCC1. The summed E-state index contributed by atoms with van der Waals surface area (Å²) in [6, 6.07) is 5.91. The third-order valence-electron chi connectivity index (χ3n) is 5.04. The van der Waals surface area contributed by atoms with Crippen LogP contribution in [0.3, 0.4) is 0 Å². The molecule has 1 aliphatic heterocycles. The molecule has 1 aromatic heterocycles. The molecule has 1 aliphatic carbocycles. The van der Waals surface area contributed by atoms with E-state index in [-0.39, 0.29) is 11.4 Å². The van der Waals surface area contributed by atoms with E-state index in [4.69, 9.17) is 0 Å². The molecule has 0 spiro atoms. The Labute approximate surface area is 153 Å². The summed E-state index contributed by atoms with van der Waals surface area (Å²) in [6.45, 7) is 3.17. The van der Waals surface area contributed by atoms with Gasteiger partial charge in [0.1, 0.15) is 0 Å². The van der Waals surface area contributed by atoms with Crippen molar-refractivity contribution in [1.29, 1.82) is 0 Å². The van der Waals surface area contributed by atoms with E-state index in [1.165, 1.54) is 50.3 Å². The van der Waals surface area contributed by atoms with Gasteiger partial charge in [-0.1, -0.05) is 18.9 Å². The molecule has 1 aromatic rings. The standard InChI is InChI=1S/C18H27N3OS2/c22-17(14-24-13-16-5-1-4-8-19-16)20-15-18(6-2-3-7-18)21-9-11-23-12-10-21/h1,4-5,8H,2-3,6-7,9-15H2,(H,20,22). The summed E-state index contributed by atoms with van der Waals surface area (Å²) in [5.74, 6) is 3.94. The highest BCUT2D eigenvalue weighted by Crippen LogP contribution is 2.36. The van der Waals surface area contributed by atoms with Crippen molar-refractivity contribution in [3.63, 3.8) is 0 Å². The number of amides is 1. The van der Waals surface area contributed by atoms with E-state index in [0.29, 0.717) is 5.75 Å². The van der Waals surface area contributed by atoms with Crippen LogP contribution in [0, 0.1) is 0 Å². The van der Waals surface area contributed by atoms with Gasteiger partial charge in [0.15, 0.2) is 0 Å². The fourth-order valence-corrected chi connectivity index (χ4v) is 5.39. The largest absolute Gasteiger partial charge is 0.354 e. The van der Waals surface area contributed by atoms with Crippen LogP contribution in [0.15, 0.2) is 24.4 Å². The van der Waals surface area contributed by atoms with Gasteiger partial charge in [0.05, 0.1) is 11.4 Å². The van der Waals surface area contributed by atoms with Crippen molar-refractivity contribution >= 4 is 29.4 Å². The Bertz CT molecular complexity index is 514. The van der Waals surface area contributed by atoms with Crippen LogP contribution in [0.25, 0.3) is 0 Å². The van der Waals surface area contributed by atoms with E-state index in [1.807, 2.05) is 18.2 Å². The molecule has 0 atom stereocenters. The molecule has 1 N–H and O–H groups in total. The maximum absolute atomic E-state index is 12.2. The van der Waals surface area contributed by atoms with Crippen LogP contribution in [-0.2, 0) is 10.5 Å². The van der Waals surface area contributed by atoms with Crippen LogP contribution >= 0.6 is 23.5 Å². The summed E-state index contributed by atoms with van der Waals surface area (Å²) in [7, 11) is 0. The summed E-state index contributed by atoms with van der Waals surface area (Å²) >= 11 is 3.69. The number of carbonyl (C=O) groups excluding carboxylic acids is 1. The lowest BCUT2D eigenvalue weighted by Gasteiger charge is -2.43. The summed E-state index contributed by atoms with van der Waals surface area (Å²) in [4.78, 5) is 19.2. The van der Waals surface area contributed by atoms with Crippen LogP contribution in [0.4, 0.5) is 0 Å². The minimum atomic E-state index is 0.161. The predicted octanol–water partition coefficient (Wildman–Crippen LogP) is 2.79. The highest BCUT2D eigenvalue weighted by molar-refractivity contribution is 7.99. The number of hydrogen-bond donors (Lipinski definition) is 1. The first-order valence-corrected chi connectivity index (χ1v) is 11.2. The summed E-state index contributed by atoms with van der Waals surface area (Å²) in [5, 5.41) is 3.22. The molecule has 2 fully saturated rings. The Morgan fingerprint density at radius 2 is 2.08 bits per heavy atom. The van der Waals surface area contributed by atoms with Crippen LogP contribution in [0.2, 0.25) is 0 Å². The van der Waals surface area contributed by atoms with Gasteiger partial charge in [0, 0.05) is 48.6 Å². The molecule has 6 heteroatoms. The van der Waals surface area contributed by atoms with Crippen molar-refractivity contribution in [2.24, 2.45) is 0 Å². The second-order valence-corrected chi connectivity index (χ2v) is 8.83. The van der Waals surface area contributed by atoms with Crippen LogP contribution in [0.5, 0.6) is 0 Å². The van der Waals surface area contributed by atoms with Gasteiger partial charge in [0.25, 0.3) is 0 Å². The highest BCUT2D eigenvalue weighted by Gasteiger charge is 2.40. The molecule has 0 aromatic carbocycles. The third kappa shape index (κ3) is 4.90. The number of pyridine rings is 1. The van der Waals surface area contributed by atoms with Gasteiger partial charge in [-0.25, -0.2) is 0 Å². The zero-order valence-electron chi connectivity index (χ0n) is 14.2. The highest BCUT2D eigenvalue weighted by atomic mass is 32.2. The minimum absolute atomic E-state index is 0.161. The Morgan fingerprint density at radius 3 is 2.79 bits per heavy atom. The smallest absolute Gasteiger partial charge is 0.230 e. The Morgan fingerprint density at radius 1 is 1.29 bits per heavy atom. The average molecular weight is 366 g/mol. The maximum Gasteiger partial charge on any atom is 0.230 e. The van der Waals surface area contributed by atoms with E-state index in [9.17, 15) is 4.79 Å². The van der Waals surface area contributed by atoms with Gasteiger partial charge in [-0.05, 0) is 25.0 Å². The third-order valence-corrected chi connectivity index (χ3v) is 6.95. The topological polar surface area (TPSA) is 45.2 Å². The molecule has 1 saturated carbocycles. The van der Waals surface area contributed by atoms with Crippen LogP contribution < -0.4 is 5.32 Å². The Hall–Kier alpha value is -0.720. The molecule has 2 heterocycles. The van der Waals surface area contributed by atoms with E-state index < -0.39 is 0 Å². The molecule has 132 valence electrons. The van der Waals surface area contributed by atoms with E-state index in [2.05, 4.69) is 27.0 Å². The van der Waals surface area contributed by atoms with Gasteiger partial charge < -0.3 is 5.32 Å². The van der Waals surface area contributed by atoms with Crippen molar-refractivity contribution in [2.45, 2.75) is 37.0 Å². The molecular formula is C18H27N3OS2. The quantitative estimate of drug-likeness (QED) is 0.805. The first-order valence-electron chi connectivity index (χ1n) is 8.86. The van der Waals surface area contributed by atoms with E-state index >= 15 is 0 Å². The second kappa shape index (κ2) is 9.11. The predicted molar refractivity (Wildman–Crippen MR) is 104 cm³/mol. The van der Waals surface area contributed by atoms with Crippen molar-refractivity contribution < 1.29 is 4.79 Å². The molecule has 1 saturated heterocycles. The van der Waals surface area contributed by atoms with Crippen LogP contribution in [-0.4, -0.2) is 58.2 Å². The van der Waals surface area contributed by atoms with Gasteiger partial charge in [0.2, 0.25) is 5.91 Å². The number of thioether (sulfide) groups is 2. The fourth-order valence-electron chi connectivity index (χ4n) is 3.72. The molecule has 24 heavy (non-hydrogen) atoms. The monoisotopic (exact) mass is 365 g/mol. The zero-order valence-corrected chi connectivity index (χ0v) is 15.8. The number of hydrogen-bond acceptors (Lipinski definition) is 5. The number of nitrogens with one attached hydrogen (secondary N) is 1. The summed E-state index contributed by atoms with van der Waals surface area (Å²) in [5.41, 5.74) is 1.26. The summed E-state index contributed by atoms with van der Waals surface area (Å²) in [6.07, 6.45) is 6.87. The van der Waals surface area contributed by atoms with Crippen molar-refractivity contribution in [3.8, 4) is 0 Å². The summed E-state index contributed by atoms with van der Waals surface area (Å²) < 4.78 is 0. The zero-order chi connectivity index (χ0) is 16.7. The van der Waals surface area contributed by atoms with Crippen LogP contribution in [0.1, 0.15) is 31.4 Å². The van der Waals surface area contributed by atoms with Crippen molar-refractivity contribution in [1.82, 2.24) is 15.2 Å². The van der Waals surface area contributed by atoms with Gasteiger partial charge in [-0.2, -0.15) is 11.8 Å². The molecule has 3 rings (SSSR count). The number of nitrogens with zero attached hydrogens (tertiary/aromatic N) is 2. The Balaban J connectivity index is 1.43. The van der Waals surface area contributed by atoms with Gasteiger partial charge >= 0.3 is 0 Å². The average Bonchev–Trinajstić information content (AvgIpc) is 3.12. The lowest BCUT2D eigenvalue weighted by molar-refractivity contribution is -0.119. The normalized spacial score (nSPS) is 20.8. The maximum atomic E-state index is 12.2. The van der Waals surface area contributed by atoms with E-state index in [0.717, 1.165) is 18.0 Å². The van der Waals surface area contributed by atoms with Gasteiger partial charge in [-0.3, -0.25) is 14.7 Å². The molecule has 2 aliphatic rings. The van der Waals surface area contributed by atoms with Gasteiger partial charge in [-0.15, -0.1) is 11.8 Å². The second-order valence-electron chi connectivity index (χ2n) is 6.62. The molecule has 0 unspecified atom stereocenters. The van der Waals surface area contributed by atoms with E-state index in [1.54, 1.807) is 18.0 Å². The number of aromatic nitrogens is 1. The molecule has 4 nitrogen and oxygen atoms in total. The van der Waals surface area contributed by atoms with Crippen molar-refractivity contribution in [2.75, 3.05) is 36.9 Å². The minimum Gasteiger partial charge on any atom is -0.354 e. The molecular weight excluding hydrogens is 338 g/mol. The van der Waals surface area contributed by atoms with Crippen molar-refractivity contribution in [3.05, 3.63) is 30.1 Å². The number of carbonyl (C=O) groups is 1. The first kappa shape index (κ1) is 18.1. The fraction of sp³-hybridized carbons (Fsp3) is 0.667. The first-order chi connectivity index (χ1) is 11.8. The lowest BCUT2D eigenvalue weighted by Crippen LogP contribution is -2.56. The Kier molecular flexibility index (Phi) is 6.86. The molecule has 0 bridgehead atoms. The lowest BCUT2D eigenvalue weighted by atomic mass is 9.94. The molecule has 0 radical (unpaired) electrons. The molecule has 1 amide bonds. The number of rotatable bonds is 7.